The second-order valence-corrected chi connectivity index (χ2v) is 5.68. The van der Waals surface area contributed by atoms with Gasteiger partial charge in [0.05, 0.1) is 11.4 Å². The van der Waals surface area contributed by atoms with Crippen molar-refractivity contribution < 1.29 is 9.13 Å². The second-order valence-electron chi connectivity index (χ2n) is 5.41. The van der Waals surface area contributed by atoms with Gasteiger partial charge in [0, 0.05) is 6.07 Å². The molecule has 0 N–H and O–H groups in total. The molecule has 0 radical (unpaired) electrons. The summed E-state index contributed by atoms with van der Waals surface area (Å²) in [5.74, 6) is 7.34. The Hall–Kier alpha value is -1.20. The smallest absolute Gasteiger partial charge is 0.142 e. The van der Waals surface area contributed by atoms with Crippen molar-refractivity contribution in [2.75, 3.05) is 5.88 Å². The molecule has 0 aromatic heterocycles. The summed E-state index contributed by atoms with van der Waals surface area (Å²) in [7, 11) is 0. The van der Waals surface area contributed by atoms with E-state index in [1.807, 2.05) is 0 Å². The first-order valence-electron chi connectivity index (χ1n) is 6.77. The van der Waals surface area contributed by atoms with Crippen molar-refractivity contribution in [1.29, 1.82) is 0 Å². The van der Waals surface area contributed by atoms with E-state index in [0.29, 0.717) is 17.2 Å². The summed E-state index contributed by atoms with van der Waals surface area (Å²) in [4.78, 5) is 0. The lowest BCUT2D eigenvalue weighted by Gasteiger charge is -2.23. The second kappa shape index (κ2) is 5.43. The third-order valence-corrected chi connectivity index (χ3v) is 4.32. The SMILES string of the molecule is Fc1cc(OC2CC3CCC2C3)ccc1C#CCCl. The zero-order chi connectivity index (χ0) is 13.2. The maximum atomic E-state index is 13.8. The van der Waals surface area contributed by atoms with Crippen molar-refractivity contribution in [2.45, 2.75) is 31.8 Å². The molecule has 0 heterocycles. The van der Waals surface area contributed by atoms with E-state index in [9.17, 15) is 4.39 Å². The van der Waals surface area contributed by atoms with Crippen molar-refractivity contribution in [3.05, 3.63) is 29.6 Å². The molecule has 2 aliphatic carbocycles. The van der Waals surface area contributed by atoms with Crippen molar-refractivity contribution in [2.24, 2.45) is 11.8 Å². The molecule has 1 aromatic carbocycles. The van der Waals surface area contributed by atoms with Gasteiger partial charge in [-0.2, -0.15) is 0 Å². The van der Waals surface area contributed by atoms with E-state index in [1.165, 1.54) is 25.3 Å². The van der Waals surface area contributed by atoms with Gasteiger partial charge in [0.25, 0.3) is 0 Å². The first-order chi connectivity index (χ1) is 9.26. The molecule has 0 spiro atoms. The van der Waals surface area contributed by atoms with E-state index in [0.717, 1.165) is 12.3 Å². The zero-order valence-corrected chi connectivity index (χ0v) is 11.4. The van der Waals surface area contributed by atoms with E-state index in [-0.39, 0.29) is 17.8 Å². The summed E-state index contributed by atoms with van der Waals surface area (Å²) >= 11 is 5.46. The highest BCUT2D eigenvalue weighted by Crippen LogP contribution is 2.46. The molecule has 3 heteroatoms. The van der Waals surface area contributed by atoms with Gasteiger partial charge in [-0.1, -0.05) is 11.8 Å². The summed E-state index contributed by atoms with van der Waals surface area (Å²) < 4.78 is 19.7. The third-order valence-electron chi connectivity index (χ3n) is 4.19. The molecule has 0 aliphatic heterocycles. The molecule has 1 aromatic rings. The lowest BCUT2D eigenvalue weighted by Crippen LogP contribution is -2.23. The fourth-order valence-electron chi connectivity index (χ4n) is 3.30. The monoisotopic (exact) mass is 278 g/mol. The first kappa shape index (κ1) is 12.8. The van der Waals surface area contributed by atoms with Gasteiger partial charge in [0.1, 0.15) is 17.7 Å². The highest BCUT2D eigenvalue weighted by atomic mass is 35.5. The van der Waals surface area contributed by atoms with Crippen LogP contribution in [-0.4, -0.2) is 12.0 Å². The summed E-state index contributed by atoms with van der Waals surface area (Å²) in [6.45, 7) is 0. The van der Waals surface area contributed by atoms with Crippen LogP contribution in [0.1, 0.15) is 31.2 Å². The Bertz CT molecular complexity index is 531. The number of fused-ring (bicyclic) bond motifs is 2. The topological polar surface area (TPSA) is 9.23 Å². The van der Waals surface area contributed by atoms with Crippen LogP contribution in [0.4, 0.5) is 4.39 Å². The van der Waals surface area contributed by atoms with Gasteiger partial charge >= 0.3 is 0 Å². The normalized spacial score (nSPS) is 28.0. The fraction of sp³-hybridized carbons (Fsp3) is 0.500. The van der Waals surface area contributed by atoms with E-state index >= 15 is 0 Å². The number of rotatable bonds is 2. The van der Waals surface area contributed by atoms with Crippen LogP contribution in [-0.2, 0) is 0 Å². The lowest BCUT2D eigenvalue weighted by atomic mass is 9.98. The van der Waals surface area contributed by atoms with Gasteiger partial charge < -0.3 is 4.74 Å². The Balaban J connectivity index is 1.70. The molecule has 3 unspecified atom stereocenters. The van der Waals surface area contributed by atoms with Crippen LogP contribution in [0.25, 0.3) is 0 Å². The van der Waals surface area contributed by atoms with Gasteiger partial charge in [-0.25, -0.2) is 4.39 Å². The van der Waals surface area contributed by atoms with E-state index < -0.39 is 0 Å². The third kappa shape index (κ3) is 2.72. The zero-order valence-electron chi connectivity index (χ0n) is 10.7. The number of alkyl halides is 1. The molecule has 2 aliphatic rings. The molecule has 2 saturated carbocycles. The summed E-state index contributed by atoms with van der Waals surface area (Å²) in [6.07, 6.45) is 5.29. The van der Waals surface area contributed by atoms with Crippen LogP contribution >= 0.6 is 11.6 Å². The highest BCUT2D eigenvalue weighted by molar-refractivity contribution is 6.19. The summed E-state index contributed by atoms with van der Waals surface area (Å²) in [6, 6.07) is 4.90. The van der Waals surface area contributed by atoms with Crippen LogP contribution < -0.4 is 4.74 Å². The number of halogens is 2. The van der Waals surface area contributed by atoms with Gasteiger partial charge in [0.15, 0.2) is 0 Å². The molecular weight excluding hydrogens is 263 g/mol. The Labute approximate surface area is 118 Å². The molecular formula is C16H16ClFO. The Morgan fingerprint density at radius 3 is 2.84 bits per heavy atom. The Morgan fingerprint density at radius 2 is 2.21 bits per heavy atom. The molecule has 19 heavy (non-hydrogen) atoms. The van der Waals surface area contributed by atoms with Crippen LogP contribution in [0, 0.1) is 29.5 Å². The summed E-state index contributed by atoms with van der Waals surface area (Å²) in [5, 5.41) is 0. The van der Waals surface area contributed by atoms with Crippen LogP contribution in [0.15, 0.2) is 18.2 Å². The van der Waals surface area contributed by atoms with Gasteiger partial charge in [-0.3, -0.25) is 0 Å². The number of hydrogen-bond acceptors (Lipinski definition) is 1. The minimum Gasteiger partial charge on any atom is -0.490 e. The van der Waals surface area contributed by atoms with Crippen molar-refractivity contribution in [1.82, 2.24) is 0 Å². The van der Waals surface area contributed by atoms with Gasteiger partial charge in [0.2, 0.25) is 0 Å². The van der Waals surface area contributed by atoms with Gasteiger partial charge in [-0.15, -0.1) is 11.6 Å². The van der Waals surface area contributed by atoms with Crippen LogP contribution in [0.5, 0.6) is 5.75 Å². The maximum absolute atomic E-state index is 13.8. The highest BCUT2D eigenvalue weighted by Gasteiger charge is 2.40. The first-order valence-corrected chi connectivity index (χ1v) is 7.31. The van der Waals surface area contributed by atoms with Crippen LogP contribution in [0.3, 0.4) is 0 Å². The standard InChI is InChI=1S/C16H16ClFO/c17-7-1-2-12-5-6-14(10-15(12)18)19-16-9-11-3-4-13(16)8-11/h5-6,10-11,13,16H,3-4,7-9H2. The lowest BCUT2D eigenvalue weighted by molar-refractivity contribution is 0.138. The Kier molecular flexibility index (Phi) is 3.66. The minimum absolute atomic E-state index is 0.211. The maximum Gasteiger partial charge on any atom is 0.142 e. The van der Waals surface area contributed by atoms with E-state index in [4.69, 9.17) is 16.3 Å². The summed E-state index contributed by atoms with van der Waals surface area (Å²) in [5.41, 5.74) is 0.376. The molecule has 0 saturated heterocycles. The number of ether oxygens (including phenoxy) is 1. The molecule has 0 amide bonds. The molecule has 2 fully saturated rings. The molecule has 2 bridgehead atoms. The molecule has 3 rings (SSSR count). The molecule has 100 valence electrons. The number of hydrogen-bond donors (Lipinski definition) is 0. The average Bonchev–Trinajstić information content (AvgIpc) is 3.00. The quantitative estimate of drug-likeness (QED) is 0.587. The molecule has 3 atom stereocenters. The number of benzene rings is 1. The fourth-order valence-corrected chi connectivity index (χ4v) is 3.37. The van der Waals surface area contributed by atoms with E-state index in [1.54, 1.807) is 12.1 Å². The van der Waals surface area contributed by atoms with Crippen molar-refractivity contribution >= 4 is 11.6 Å². The largest absolute Gasteiger partial charge is 0.490 e. The van der Waals surface area contributed by atoms with E-state index in [2.05, 4.69) is 11.8 Å². The predicted octanol–water partition coefficient (Wildman–Crippen LogP) is 3.98. The van der Waals surface area contributed by atoms with Crippen molar-refractivity contribution in [3.63, 3.8) is 0 Å². The van der Waals surface area contributed by atoms with Crippen molar-refractivity contribution in [3.8, 4) is 17.6 Å². The predicted molar refractivity (Wildman–Crippen MR) is 73.9 cm³/mol. The van der Waals surface area contributed by atoms with Crippen LogP contribution in [0.2, 0.25) is 0 Å². The Morgan fingerprint density at radius 1 is 1.32 bits per heavy atom. The average molecular weight is 279 g/mol. The molecule has 1 nitrogen and oxygen atoms in total. The van der Waals surface area contributed by atoms with Gasteiger partial charge in [-0.05, 0) is 49.7 Å². The minimum atomic E-state index is -0.335.